The molecule has 1 aliphatic rings. The number of benzene rings is 1. The molecular formula is C19H17N3O6S. The van der Waals surface area contributed by atoms with E-state index in [1.54, 1.807) is 18.2 Å². The summed E-state index contributed by atoms with van der Waals surface area (Å²) in [7, 11) is 0. The number of nitrogens with one attached hydrogen (secondary N) is 1. The predicted octanol–water partition coefficient (Wildman–Crippen LogP) is 2.68. The summed E-state index contributed by atoms with van der Waals surface area (Å²) in [6.07, 6.45) is 0.268. The van der Waals surface area contributed by atoms with Crippen LogP contribution in [0.1, 0.15) is 12.3 Å². The molecule has 2 aromatic heterocycles. The number of hydrogen-bond acceptors (Lipinski definition) is 9. The maximum absolute atomic E-state index is 12.0. The van der Waals surface area contributed by atoms with E-state index in [0.717, 1.165) is 4.88 Å². The van der Waals surface area contributed by atoms with E-state index in [-0.39, 0.29) is 12.8 Å². The van der Waals surface area contributed by atoms with Gasteiger partial charge in [-0.2, -0.15) is 4.98 Å². The fourth-order valence-corrected chi connectivity index (χ4v) is 3.26. The van der Waals surface area contributed by atoms with Crippen molar-refractivity contribution in [3.63, 3.8) is 0 Å². The molecule has 1 aromatic carbocycles. The molecule has 0 fully saturated rings. The lowest BCUT2D eigenvalue weighted by atomic mass is 10.2. The number of hydrogen-bond donors (Lipinski definition) is 1. The Morgan fingerprint density at radius 1 is 1.17 bits per heavy atom. The fraction of sp³-hybridized carbons (Fsp3) is 0.263. The summed E-state index contributed by atoms with van der Waals surface area (Å²) >= 11 is 1.50. The molecule has 4 rings (SSSR count). The van der Waals surface area contributed by atoms with Crippen molar-refractivity contribution in [2.45, 2.75) is 12.8 Å². The number of esters is 1. The largest absolute Gasteiger partial charge is 0.486 e. The van der Waals surface area contributed by atoms with Gasteiger partial charge in [0, 0.05) is 18.2 Å². The molecule has 1 N–H and O–H groups in total. The Hall–Kier alpha value is -3.40. The Labute approximate surface area is 169 Å². The lowest BCUT2D eigenvalue weighted by molar-refractivity contribution is -0.147. The summed E-state index contributed by atoms with van der Waals surface area (Å²) in [6.45, 7) is 0.558. The van der Waals surface area contributed by atoms with E-state index < -0.39 is 18.5 Å². The third kappa shape index (κ3) is 4.91. The second-order valence-electron chi connectivity index (χ2n) is 6.06. The molecule has 0 saturated carbocycles. The van der Waals surface area contributed by atoms with E-state index in [9.17, 15) is 9.59 Å². The smallest absolute Gasteiger partial charge is 0.306 e. The van der Waals surface area contributed by atoms with Crippen LogP contribution in [0, 0.1) is 0 Å². The predicted molar refractivity (Wildman–Crippen MR) is 103 cm³/mol. The van der Waals surface area contributed by atoms with E-state index in [1.165, 1.54) is 11.3 Å². The minimum Gasteiger partial charge on any atom is -0.486 e. The third-order valence-electron chi connectivity index (χ3n) is 3.94. The van der Waals surface area contributed by atoms with E-state index in [2.05, 4.69) is 15.5 Å². The first-order chi connectivity index (χ1) is 14.2. The molecule has 0 unspecified atom stereocenters. The van der Waals surface area contributed by atoms with Crippen molar-refractivity contribution in [1.82, 2.24) is 10.1 Å². The van der Waals surface area contributed by atoms with Crippen LogP contribution in [0.25, 0.3) is 10.7 Å². The van der Waals surface area contributed by atoms with Crippen LogP contribution in [-0.4, -0.2) is 41.8 Å². The average molecular weight is 415 g/mol. The van der Waals surface area contributed by atoms with Crippen LogP contribution in [-0.2, 0) is 20.7 Å². The number of anilines is 1. The van der Waals surface area contributed by atoms with Gasteiger partial charge in [0.05, 0.1) is 11.3 Å². The molecule has 0 saturated heterocycles. The normalized spacial score (nSPS) is 12.4. The number of nitrogens with zero attached hydrogens (tertiary/aromatic N) is 2. The van der Waals surface area contributed by atoms with Gasteiger partial charge in [-0.1, -0.05) is 11.2 Å². The zero-order chi connectivity index (χ0) is 20.1. The first-order valence-electron chi connectivity index (χ1n) is 8.89. The van der Waals surface area contributed by atoms with Crippen molar-refractivity contribution in [2.24, 2.45) is 0 Å². The Kier molecular flexibility index (Phi) is 5.71. The van der Waals surface area contributed by atoms with Crippen molar-refractivity contribution >= 4 is 28.9 Å². The quantitative estimate of drug-likeness (QED) is 0.586. The van der Waals surface area contributed by atoms with Crippen LogP contribution in [0.5, 0.6) is 11.5 Å². The highest BCUT2D eigenvalue weighted by molar-refractivity contribution is 7.13. The Balaban J connectivity index is 1.21. The van der Waals surface area contributed by atoms with Crippen molar-refractivity contribution in [3.8, 4) is 22.2 Å². The first-order valence-corrected chi connectivity index (χ1v) is 9.77. The number of thiophene rings is 1. The Morgan fingerprint density at radius 2 is 2.03 bits per heavy atom. The average Bonchev–Trinajstić information content (AvgIpc) is 3.42. The number of carbonyl (C=O) groups excluding carboxylic acids is 2. The van der Waals surface area contributed by atoms with Gasteiger partial charge in [0.1, 0.15) is 13.2 Å². The fourth-order valence-electron chi connectivity index (χ4n) is 2.61. The summed E-state index contributed by atoms with van der Waals surface area (Å²) in [4.78, 5) is 29.0. The van der Waals surface area contributed by atoms with Crippen LogP contribution < -0.4 is 14.8 Å². The van der Waals surface area contributed by atoms with Gasteiger partial charge in [-0.15, -0.1) is 11.3 Å². The van der Waals surface area contributed by atoms with Gasteiger partial charge in [-0.3, -0.25) is 9.59 Å². The maximum Gasteiger partial charge on any atom is 0.306 e. The van der Waals surface area contributed by atoms with Crippen molar-refractivity contribution in [1.29, 1.82) is 0 Å². The van der Waals surface area contributed by atoms with Gasteiger partial charge in [-0.25, -0.2) is 0 Å². The maximum atomic E-state index is 12.0. The molecule has 10 heteroatoms. The molecule has 1 aliphatic heterocycles. The minimum atomic E-state index is -0.529. The van der Waals surface area contributed by atoms with E-state index in [0.29, 0.717) is 42.1 Å². The van der Waals surface area contributed by atoms with Crippen LogP contribution in [0.4, 0.5) is 5.69 Å². The van der Waals surface area contributed by atoms with Gasteiger partial charge in [0.25, 0.3) is 5.91 Å². The number of fused-ring (bicyclic) bond motifs is 1. The van der Waals surface area contributed by atoms with Crippen LogP contribution >= 0.6 is 11.3 Å². The second-order valence-corrected chi connectivity index (χ2v) is 7.00. The molecule has 3 aromatic rings. The van der Waals surface area contributed by atoms with Crippen LogP contribution in [0.2, 0.25) is 0 Å². The molecule has 0 bridgehead atoms. The monoisotopic (exact) mass is 415 g/mol. The Morgan fingerprint density at radius 3 is 2.86 bits per heavy atom. The lowest BCUT2D eigenvalue weighted by Gasteiger charge is -2.19. The first kappa shape index (κ1) is 18.9. The molecule has 0 radical (unpaired) electrons. The van der Waals surface area contributed by atoms with Gasteiger partial charge in [0.2, 0.25) is 11.7 Å². The molecule has 29 heavy (non-hydrogen) atoms. The standard InChI is InChI=1S/C19H17N3O6S/c23-16(20-12-3-4-13-14(10-12)26-8-7-25-13)11-27-18(24)6-5-17-21-19(22-28-17)15-2-1-9-29-15/h1-4,9-10H,5-8,11H2,(H,20,23). The Bertz CT molecular complexity index is 1000. The molecule has 3 heterocycles. The number of aryl methyl sites for hydroxylation is 1. The zero-order valence-corrected chi connectivity index (χ0v) is 16.1. The van der Waals surface area contributed by atoms with Crippen molar-refractivity contribution in [3.05, 3.63) is 41.6 Å². The number of amides is 1. The summed E-state index contributed by atoms with van der Waals surface area (Å²) in [6, 6.07) is 8.84. The van der Waals surface area contributed by atoms with Gasteiger partial charge in [-0.05, 0) is 23.6 Å². The topological polar surface area (TPSA) is 113 Å². The highest BCUT2D eigenvalue weighted by Crippen LogP contribution is 2.32. The lowest BCUT2D eigenvalue weighted by Crippen LogP contribution is -2.21. The number of carbonyl (C=O) groups is 2. The van der Waals surface area contributed by atoms with Crippen molar-refractivity contribution in [2.75, 3.05) is 25.1 Å². The molecule has 9 nitrogen and oxygen atoms in total. The zero-order valence-electron chi connectivity index (χ0n) is 15.3. The molecule has 150 valence electrons. The second kappa shape index (κ2) is 8.74. The van der Waals surface area contributed by atoms with Crippen molar-refractivity contribution < 1.29 is 28.3 Å². The third-order valence-corrected chi connectivity index (χ3v) is 4.81. The summed E-state index contributed by atoms with van der Waals surface area (Å²) < 4.78 is 21.0. The highest BCUT2D eigenvalue weighted by Gasteiger charge is 2.15. The van der Waals surface area contributed by atoms with Crippen LogP contribution in [0.15, 0.2) is 40.2 Å². The molecule has 1 amide bonds. The summed E-state index contributed by atoms with van der Waals surface area (Å²) in [5.41, 5.74) is 0.530. The molecular weight excluding hydrogens is 398 g/mol. The number of ether oxygens (including phenoxy) is 3. The molecule has 0 spiro atoms. The highest BCUT2D eigenvalue weighted by atomic mass is 32.1. The van der Waals surface area contributed by atoms with E-state index >= 15 is 0 Å². The van der Waals surface area contributed by atoms with E-state index in [1.807, 2.05) is 17.5 Å². The number of rotatable bonds is 7. The van der Waals surface area contributed by atoms with E-state index in [4.69, 9.17) is 18.7 Å². The minimum absolute atomic E-state index is 0.0311. The van der Waals surface area contributed by atoms with Gasteiger partial charge < -0.3 is 24.1 Å². The molecule has 0 aliphatic carbocycles. The van der Waals surface area contributed by atoms with Gasteiger partial charge in [0.15, 0.2) is 18.1 Å². The number of aromatic nitrogens is 2. The van der Waals surface area contributed by atoms with Crippen LogP contribution in [0.3, 0.4) is 0 Å². The molecule has 0 atom stereocenters. The van der Waals surface area contributed by atoms with Gasteiger partial charge >= 0.3 is 5.97 Å². The SMILES string of the molecule is O=C(COC(=O)CCc1nc(-c2cccs2)no1)Nc1ccc2c(c1)OCCO2. The summed E-state index contributed by atoms with van der Waals surface area (Å²) in [5, 5.41) is 8.44. The summed E-state index contributed by atoms with van der Waals surface area (Å²) in [5.74, 6) is 1.04.